The molecule has 8 aromatic carbocycles. The topological polar surface area (TPSA) is 12.6 Å². The van der Waals surface area contributed by atoms with Crippen molar-refractivity contribution < 1.29 is 0 Å². The minimum Gasteiger partial charge on any atom is -0.310 e. The third-order valence-corrected chi connectivity index (χ3v) is 10.4. The number of fused-ring (bicyclic) bond motifs is 7. The van der Waals surface area contributed by atoms with Crippen LogP contribution in [0.1, 0.15) is 0 Å². The molecule has 0 saturated carbocycles. The van der Waals surface area contributed by atoms with E-state index in [1.165, 1.54) is 70.7 Å². The molecule has 0 aliphatic heterocycles. The van der Waals surface area contributed by atoms with E-state index in [4.69, 9.17) is 0 Å². The standard InChI is InChI=1S/C46H29N3/c1-2-14-32(15-3-1)47(35-25-24-30-12-4-5-13-31(30)28-35)33-16-10-17-34(29-33)48-42-23-11-20-38-36-18-6-8-21-40(36)49-41-22-9-7-19-37(41)39-26-27-43(48)45(44(38)42)46(39)49/h1-29H. The lowest BCUT2D eigenvalue weighted by atomic mass is 10.0. The maximum absolute atomic E-state index is 2.50. The second kappa shape index (κ2) is 9.96. The predicted molar refractivity (Wildman–Crippen MR) is 208 cm³/mol. The highest BCUT2D eigenvalue weighted by Gasteiger charge is 2.23. The van der Waals surface area contributed by atoms with Gasteiger partial charge in [0.25, 0.3) is 0 Å². The lowest BCUT2D eigenvalue weighted by molar-refractivity contribution is 1.17. The van der Waals surface area contributed by atoms with Crippen molar-refractivity contribution in [3.05, 3.63) is 176 Å². The summed E-state index contributed by atoms with van der Waals surface area (Å²) in [4.78, 5) is 2.37. The predicted octanol–water partition coefficient (Wildman–Crippen LogP) is 12.6. The summed E-state index contributed by atoms with van der Waals surface area (Å²) < 4.78 is 4.97. The molecule has 228 valence electrons. The molecule has 0 aliphatic carbocycles. The maximum atomic E-state index is 2.50. The number of nitrogens with zero attached hydrogens (tertiary/aromatic N) is 3. The highest BCUT2D eigenvalue weighted by Crippen LogP contribution is 2.46. The van der Waals surface area contributed by atoms with Gasteiger partial charge in [0.2, 0.25) is 0 Å². The largest absolute Gasteiger partial charge is 0.310 e. The molecule has 0 saturated heterocycles. The molecule has 49 heavy (non-hydrogen) atoms. The second-order valence-electron chi connectivity index (χ2n) is 13.0. The van der Waals surface area contributed by atoms with Crippen LogP contribution < -0.4 is 4.90 Å². The van der Waals surface area contributed by atoms with Crippen LogP contribution in [-0.2, 0) is 0 Å². The van der Waals surface area contributed by atoms with Crippen LogP contribution in [0.4, 0.5) is 17.1 Å². The molecule has 3 heteroatoms. The molecule has 3 nitrogen and oxygen atoms in total. The Morgan fingerprint density at radius 3 is 1.80 bits per heavy atom. The molecule has 3 heterocycles. The summed E-state index contributed by atoms with van der Waals surface area (Å²) in [5.41, 5.74) is 10.7. The van der Waals surface area contributed by atoms with Gasteiger partial charge in [-0.15, -0.1) is 0 Å². The van der Waals surface area contributed by atoms with E-state index in [-0.39, 0.29) is 0 Å². The number of para-hydroxylation sites is 3. The molecule has 0 aliphatic rings. The minimum absolute atomic E-state index is 1.11. The fourth-order valence-corrected chi connectivity index (χ4v) is 8.36. The summed E-state index contributed by atoms with van der Waals surface area (Å²) in [6.45, 7) is 0. The first-order chi connectivity index (χ1) is 24.3. The van der Waals surface area contributed by atoms with Gasteiger partial charge in [-0.2, -0.15) is 0 Å². The monoisotopic (exact) mass is 623 g/mol. The van der Waals surface area contributed by atoms with Gasteiger partial charge >= 0.3 is 0 Å². The van der Waals surface area contributed by atoms with E-state index in [9.17, 15) is 0 Å². The van der Waals surface area contributed by atoms with Gasteiger partial charge in [0, 0.05) is 49.7 Å². The fraction of sp³-hybridized carbons (Fsp3) is 0. The molecular formula is C46H29N3. The van der Waals surface area contributed by atoms with Crippen molar-refractivity contribution in [1.29, 1.82) is 0 Å². The van der Waals surface area contributed by atoms with E-state index in [0.29, 0.717) is 0 Å². The van der Waals surface area contributed by atoms with Gasteiger partial charge in [0.1, 0.15) is 0 Å². The average Bonchev–Trinajstić information content (AvgIpc) is 3.64. The van der Waals surface area contributed by atoms with Crippen molar-refractivity contribution in [3.8, 4) is 5.69 Å². The summed E-state index contributed by atoms with van der Waals surface area (Å²) in [5.74, 6) is 0. The van der Waals surface area contributed by atoms with E-state index in [1.54, 1.807) is 0 Å². The zero-order valence-corrected chi connectivity index (χ0v) is 26.6. The highest BCUT2D eigenvalue weighted by molar-refractivity contribution is 6.33. The molecule has 0 spiro atoms. The fourth-order valence-electron chi connectivity index (χ4n) is 8.36. The number of anilines is 3. The molecule has 0 amide bonds. The Morgan fingerprint density at radius 1 is 0.347 bits per heavy atom. The van der Waals surface area contributed by atoms with Gasteiger partial charge in [-0.25, -0.2) is 0 Å². The van der Waals surface area contributed by atoms with Crippen molar-refractivity contribution in [2.75, 3.05) is 4.90 Å². The molecule has 0 radical (unpaired) electrons. The SMILES string of the molecule is c1ccc(N(c2cccc(-n3c4cccc5c6ccccc6n6c7ccccc7c7ccc3c(c54)c76)c2)c2ccc3ccccc3c2)cc1. The summed E-state index contributed by atoms with van der Waals surface area (Å²) in [7, 11) is 0. The maximum Gasteiger partial charge on any atom is 0.0641 e. The van der Waals surface area contributed by atoms with Crippen molar-refractivity contribution in [3.63, 3.8) is 0 Å². The van der Waals surface area contributed by atoms with Crippen LogP contribution >= 0.6 is 0 Å². The quantitative estimate of drug-likeness (QED) is 0.190. The molecule has 0 N–H and O–H groups in total. The molecule has 0 bridgehead atoms. The molecule has 0 atom stereocenters. The molecular weight excluding hydrogens is 595 g/mol. The van der Waals surface area contributed by atoms with Crippen LogP contribution in [0, 0.1) is 0 Å². The lowest BCUT2D eigenvalue weighted by Gasteiger charge is -2.26. The lowest BCUT2D eigenvalue weighted by Crippen LogP contribution is -2.10. The van der Waals surface area contributed by atoms with Crippen LogP contribution in [0.25, 0.3) is 76.4 Å². The molecule has 3 aromatic heterocycles. The summed E-state index contributed by atoms with van der Waals surface area (Å²) in [5, 5.41) is 10.2. The number of hydrogen-bond acceptors (Lipinski definition) is 1. The molecule has 0 fully saturated rings. The van der Waals surface area contributed by atoms with Crippen LogP contribution in [0.5, 0.6) is 0 Å². The Kier molecular flexibility index (Phi) is 5.38. The molecule has 11 rings (SSSR count). The van der Waals surface area contributed by atoms with E-state index in [0.717, 1.165) is 22.7 Å². The van der Waals surface area contributed by atoms with Gasteiger partial charge in [-0.3, -0.25) is 0 Å². The summed E-state index contributed by atoms with van der Waals surface area (Å²) in [6, 6.07) is 64.2. The number of hydrogen-bond donors (Lipinski definition) is 0. The first kappa shape index (κ1) is 26.5. The van der Waals surface area contributed by atoms with Crippen molar-refractivity contribution >= 4 is 87.7 Å². The number of benzene rings is 8. The van der Waals surface area contributed by atoms with E-state index in [2.05, 4.69) is 190 Å². The van der Waals surface area contributed by atoms with Crippen LogP contribution in [0.3, 0.4) is 0 Å². The van der Waals surface area contributed by atoms with E-state index in [1.807, 2.05) is 0 Å². The Bertz CT molecular complexity index is 3060. The number of aromatic nitrogens is 2. The Hall–Kier alpha value is -6.58. The van der Waals surface area contributed by atoms with Crippen molar-refractivity contribution in [1.82, 2.24) is 8.97 Å². The van der Waals surface area contributed by atoms with Crippen LogP contribution in [-0.4, -0.2) is 8.97 Å². The normalized spacial score (nSPS) is 12.1. The van der Waals surface area contributed by atoms with Crippen molar-refractivity contribution in [2.24, 2.45) is 0 Å². The average molecular weight is 624 g/mol. The minimum atomic E-state index is 1.11. The third kappa shape index (κ3) is 3.67. The Labute approximate surface area is 282 Å². The van der Waals surface area contributed by atoms with Gasteiger partial charge in [0.05, 0.1) is 27.6 Å². The van der Waals surface area contributed by atoms with Gasteiger partial charge in [0.15, 0.2) is 0 Å². The first-order valence-electron chi connectivity index (χ1n) is 16.9. The van der Waals surface area contributed by atoms with E-state index < -0.39 is 0 Å². The smallest absolute Gasteiger partial charge is 0.0641 e. The van der Waals surface area contributed by atoms with E-state index >= 15 is 0 Å². The highest BCUT2D eigenvalue weighted by atomic mass is 15.1. The first-order valence-corrected chi connectivity index (χ1v) is 16.9. The number of rotatable bonds is 4. The molecule has 0 unspecified atom stereocenters. The zero-order chi connectivity index (χ0) is 32.1. The second-order valence-corrected chi connectivity index (χ2v) is 13.0. The van der Waals surface area contributed by atoms with Crippen LogP contribution in [0.2, 0.25) is 0 Å². The summed E-state index contributed by atoms with van der Waals surface area (Å²) in [6.07, 6.45) is 0. The van der Waals surface area contributed by atoms with Crippen molar-refractivity contribution in [2.45, 2.75) is 0 Å². The summed E-state index contributed by atoms with van der Waals surface area (Å²) >= 11 is 0. The van der Waals surface area contributed by atoms with Gasteiger partial charge in [-0.05, 0) is 82.9 Å². The zero-order valence-electron chi connectivity index (χ0n) is 26.6. The third-order valence-electron chi connectivity index (χ3n) is 10.4. The molecule has 11 aromatic rings. The Morgan fingerprint density at radius 2 is 0.959 bits per heavy atom. The Balaban J connectivity index is 1.24. The van der Waals surface area contributed by atoms with Crippen LogP contribution in [0.15, 0.2) is 176 Å². The van der Waals surface area contributed by atoms with Gasteiger partial charge < -0.3 is 13.9 Å². The van der Waals surface area contributed by atoms with Gasteiger partial charge in [-0.1, -0.05) is 109 Å².